The summed E-state index contributed by atoms with van der Waals surface area (Å²) >= 11 is 6.15. The summed E-state index contributed by atoms with van der Waals surface area (Å²) in [7, 11) is -3.68. The highest BCUT2D eigenvalue weighted by Gasteiger charge is 2.23. The lowest BCUT2D eigenvalue weighted by atomic mass is 10.2. The van der Waals surface area contributed by atoms with Gasteiger partial charge in [-0.05, 0) is 30.3 Å². The number of nitrogens with one attached hydrogen (secondary N) is 1. The van der Waals surface area contributed by atoms with Gasteiger partial charge in [0.05, 0.1) is 26.5 Å². The van der Waals surface area contributed by atoms with Gasteiger partial charge in [0.15, 0.2) is 6.61 Å². The molecular formula is C20H21ClN4O4S. The summed E-state index contributed by atoms with van der Waals surface area (Å²) in [6, 6.07) is 11.5. The standard InChI is InChI=1S/C20H21ClN4O4S/c1-3-25(4-2)30(27,28)14-9-10-16(21)18(11-14)24-19(26)12-29-20-15-7-5-6-8-17(15)22-13-23-20/h5-11,13H,3-4,12H2,1-2H3,(H,24,26). The van der Waals surface area contributed by atoms with E-state index in [0.29, 0.717) is 24.0 Å². The van der Waals surface area contributed by atoms with E-state index < -0.39 is 15.9 Å². The minimum Gasteiger partial charge on any atom is -0.467 e. The number of aromatic nitrogens is 2. The minimum atomic E-state index is -3.68. The molecule has 0 aliphatic heterocycles. The Balaban J connectivity index is 1.75. The van der Waals surface area contributed by atoms with E-state index in [0.717, 1.165) is 0 Å². The van der Waals surface area contributed by atoms with E-state index in [4.69, 9.17) is 16.3 Å². The molecular weight excluding hydrogens is 428 g/mol. The Morgan fingerprint density at radius 2 is 1.87 bits per heavy atom. The molecule has 1 amide bonds. The van der Waals surface area contributed by atoms with Crippen molar-refractivity contribution in [3.63, 3.8) is 0 Å². The molecule has 0 unspecified atom stereocenters. The monoisotopic (exact) mass is 448 g/mol. The summed E-state index contributed by atoms with van der Waals surface area (Å²) < 4.78 is 32.3. The molecule has 0 atom stereocenters. The van der Waals surface area contributed by atoms with E-state index in [2.05, 4.69) is 15.3 Å². The van der Waals surface area contributed by atoms with Crippen molar-refractivity contribution < 1.29 is 17.9 Å². The second kappa shape index (κ2) is 9.38. The average molecular weight is 449 g/mol. The van der Waals surface area contributed by atoms with Gasteiger partial charge < -0.3 is 10.1 Å². The topological polar surface area (TPSA) is 101 Å². The third-order valence-electron chi connectivity index (χ3n) is 4.40. The number of carbonyl (C=O) groups excluding carboxylic acids is 1. The van der Waals surface area contributed by atoms with Gasteiger partial charge in [0, 0.05) is 13.1 Å². The first-order valence-electron chi connectivity index (χ1n) is 9.29. The summed E-state index contributed by atoms with van der Waals surface area (Å²) in [6.07, 6.45) is 1.36. The fourth-order valence-electron chi connectivity index (χ4n) is 2.89. The minimum absolute atomic E-state index is 0.0496. The van der Waals surface area contributed by atoms with Gasteiger partial charge in [0.1, 0.15) is 6.33 Å². The number of amides is 1. The zero-order chi connectivity index (χ0) is 21.7. The fraction of sp³-hybridized carbons (Fsp3) is 0.250. The van der Waals surface area contributed by atoms with Crippen LogP contribution in [0.1, 0.15) is 13.8 Å². The molecule has 0 radical (unpaired) electrons. The number of carbonyl (C=O) groups is 1. The van der Waals surface area contributed by atoms with E-state index in [-0.39, 0.29) is 28.1 Å². The lowest BCUT2D eigenvalue weighted by molar-refractivity contribution is -0.118. The molecule has 0 saturated carbocycles. The Bertz CT molecular complexity index is 1160. The maximum Gasteiger partial charge on any atom is 0.262 e. The second-order valence-corrected chi connectivity index (χ2v) is 8.61. The maximum absolute atomic E-state index is 12.7. The number of hydrogen-bond acceptors (Lipinski definition) is 6. The number of nitrogens with zero attached hydrogens (tertiary/aromatic N) is 3. The summed E-state index contributed by atoms with van der Waals surface area (Å²) in [5.74, 6) is -0.225. The largest absolute Gasteiger partial charge is 0.467 e. The van der Waals surface area contributed by atoms with Crippen molar-refractivity contribution in [2.45, 2.75) is 18.7 Å². The highest BCUT2D eigenvalue weighted by molar-refractivity contribution is 7.89. The molecule has 158 valence electrons. The summed E-state index contributed by atoms with van der Waals surface area (Å²) in [6.45, 7) is 3.86. The van der Waals surface area contributed by atoms with Crippen LogP contribution in [0.2, 0.25) is 5.02 Å². The Kier molecular flexibility index (Phi) is 6.86. The number of anilines is 1. The highest BCUT2D eigenvalue weighted by Crippen LogP contribution is 2.27. The van der Waals surface area contributed by atoms with Crippen LogP contribution >= 0.6 is 11.6 Å². The van der Waals surface area contributed by atoms with Gasteiger partial charge in [0.2, 0.25) is 15.9 Å². The smallest absolute Gasteiger partial charge is 0.262 e. The molecule has 1 aromatic heterocycles. The summed E-state index contributed by atoms with van der Waals surface area (Å²) in [4.78, 5) is 20.6. The molecule has 2 aromatic carbocycles. The quantitative estimate of drug-likeness (QED) is 0.567. The van der Waals surface area contributed by atoms with Crippen molar-refractivity contribution in [1.29, 1.82) is 0 Å². The second-order valence-electron chi connectivity index (χ2n) is 6.26. The molecule has 3 rings (SSSR count). The average Bonchev–Trinajstić information content (AvgIpc) is 2.74. The fourth-order valence-corrected chi connectivity index (χ4v) is 4.54. The van der Waals surface area contributed by atoms with Gasteiger partial charge in [0.25, 0.3) is 5.91 Å². The third-order valence-corrected chi connectivity index (χ3v) is 6.78. The number of halogens is 1. The molecule has 0 fully saturated rings. The molecule has 0 bridgehead atoms. The number of benzene rings is 2. The summed E-state index contributed by atoms with van der Waals surface area (Å²) in [5, 5.41) is 3.49. The molecule has 1 N–H and O–H groups in total. The number of ether oxygens (including phenoxy) is 1. The molecule has 0 aliphatic carbocycles. The predicted molar refractivity (Wildman–Crippen MR) is 115 cm³/mol. The number of sulfonamides is 1. The molecule has 0 spiro atoms. The van der Waals surface area contributed by atoms with Crippen LogP contribution in [0.4, 0.5) is 5.69 Å². The van der Waals surface area contributed by atoms with Gasteiger partial charge in [-0.15, -0.1) is 0 Å². The zero-order valence-electron chi connectivity index (χ0n) is 16.5. The molecule has 0 aliphatic rings. The van der Waals surface area contributed by atoms with Crippen LogP contribution in [0.15, 0.2) is 53.7 Å². The first-order valence-corrected chi connectivity index (χ1v) is 11.1. The van der Waals surface area contributed by atoms with Gasteiger partial charge in [-0.3, -0.25) is 4.79 Å². The van der Waals surface area contributed by atoms with Gasteiger partial charge in [-0.2, -0.15) is 4.31 Å². The van der Waals surface area contributed by atoms with Crippen LogP contribution in [0.3, 0.4) is 0 Å². The number of para-hydroxylation sites is 1. The van der Waals surface area contributed by atoms with E-state index in [1.165, 1.54) is 28.8 Å². The predicted octanol–water partition coefficient (Wildman–Crippen LogP) is 3.33. The van der Waals surface area contributed by atoms with Crippen molar-refractivity contribution in [1.82, 2.24) is 14.3 Å². The Morgan fingerprint density at radius 1 is 1.13 bits per heavy atom. The van der Waals surface area contributed by atoms with Crippen molar-refractivity contribution in [2.75, 3.05) is 25.0 Å². The molecule has 3 aromatic rings. The van der Waals surface area contributed by atoms with Gasteiger partial charge in [-0.25, -0.2) is 18.4 Å². The Morgan fingerprint density at radius 3 is 2.60 bits per heavy atom. The van der Waals surface area contributed by atoms with Crippen molar-refractivity contribution in [3.8, 4) is 5.88 Å². The SMILES string of the molecule is CCN(CC)S(=O)(=O)c1ccc(Cl)c(NC(=O)COc2ncnc3ccccc23)c1. The molecule has 30 heavy (non-hydrogen) atoms. The molecule has 1 heterocycles. The van der Waals surface area contributed by atoms with Gasteiger partial charge >= 0.3 is 0 Å². The van der Waals surface area contributed by atoms with Crippen LogP contribution in [-0.4, -0.2) is 48.3 Å². The normalized spacial score (nSPS) is 11.6. The van der Waals surface area contributed by atoms with Crippen LogP contribution < -0.4 is 10.1 Å². The Hall–Kier alpha value is -2.75. The molecule has 8 nitrogen and oxygen atoms in total. The lowest BCUT2D eigenvalue weighted by Crippen LogP contribution is -2.30. The van der Waals surface area contributed by atoms with Crippen molar-refractivity contribution >= 4 is 44.1 Å². The number of rotatable bonds is 8. The van der Waals surface area contributed by atoms with E-state index in [1.807, 2.05) is 18.2 Å². The van der Waals surface area contributed by atoms with Crippen LogP contribution in [0, 0.1) is 0 Å². The van der Waals surface area contributed by atoms with Crippen molar-refractivity contribution in [3.05, 3.63) is 53.8 Å². The molecule has 10 heteroatoms. The highest BCUT2D eigenvalue weighted by atomic mass is 35.5. The van der Waals surface area contributed by atoms with Crippen LogP contribution in [0.25, 0.3) is 10.9 Å². The van der Waals surface area contributed by atoms with E-state index in [1.54, 1.807) is 19.9 Å². The lowest BCUT2D eigenvalue weighted by Gasteiger charge is -2.19. The molecule has 0 saturated heterocycles. The van der Waals surface area contributed by atoms with Gasteiger partial charge in [-0.1, -0.05) is 37.6 Å². The zero-order valence-corrected chi connectivity index (χ0v) is 18.1. The number of hydrogen-bond donors (Lipinski definition) is 1. The first-order chi connectivity index (χ1) is 14.4. The van der Waals surface area contributed by atoms with Crippen LogP contribution in [-0.2, 0) is 14.8 Å². The van der Waals surface area contributed by atoms with E-state index in [9.17, 15) is 13.2 Å². The van der Waals surface area contributed by atoms with Crippen LogP contribution in [0.5, 0.6) is 5.88 Å². The Labute approximate surface area is 179 Å². The van der Waals surface area contributed by atoms with Crippen molar-refractivity contribution in [2.24, 2.45) is 0 Å². The first kappa shape index (κ1) is 21.9. The summed E-state index contributed by atoms with van der Waals surface area (Å²) in [5.41, 5.74) is 0.881. The maximum atomic E-state index is 12.7. The van der Waals surface area contributed by atoms with E-state index >= 15 is 0 Å². The number of fused-ring (bicyclic) bond motifs is 1. The third kappa shape index (κ3) is 4.69.